The van der Waals surface area contributed by atoms with E-state index in [0.717, 1.165) is 18.4 Å². The van der Waals surface area contributed by atoms with Gasteiger partial charge in [0, 0.05) is 36.9 Å². The molecular formula is C30H34ClN5O5. The molecule has 1 unspecified atom stereocenters. The van der Waals surface area contributed by atoms with E-state index in [0.29, 0.717) is 52.3 Å². The summed E-state index contributed by atoms with van der Waals surface area (Å²) < 4.78 is 10.7. The zero-order chi connectivity index (χ0) is 29.1. The van der Waals surface area contributed by atoms with Crippen LogP contribution in [-0.4, -0.2) is 70.3 Å². The zero-order valence-electron chi connectivity index (χ0n) is 23.3. The maximum atomic E-state index is 13.5. The van der Waals surface area contributed by atoms with Crippen molar-refractivity contribution in [3.8, 4) is 17.0 Å². The first kappa shape index (κ1) is 28.8. The van der Waals surface area contributed by atoms with Gasteiger partial charge in [0.25, 0.3) is 5.91 Å². The molecule has 1 aromatic heterocycles. The fourth-order valence-corrected chi connectivity index (χ4v) is 5.38. The highest BCUT2D eigenvalue weighted by Gasteiger charge is 2.35. The van der Waals surface area contributed by atoms with Gasteiger partial charge in [0.2, 0.25) is 11.9 Å². The number of hydrogen-bond donors (Lipinski definition) is 3. The lowest BCUT2D eigenvalue weighted by Crippen LogP contribution is -2.47. The number of carbonyl (C=O) groups excluding carboxylic acids is 2. The zero-order valence-corrected chi connectivity index (χ0v) is 24.0. The highest BCUT2D eigenvalue weighted by molar-refractivity contribution is 6.33. The fraction of sp³-hybridized carbons (Fsp3) is 0.400. The van der Waals surface area contributed by atoms with Crippen molar-refractivity contribution in [2.24, 2.45) is 0 Å². The average Bonchev–Trinajstić information content (AvgIpc) is 3.32. The largest absolute Gasteiger partial charge is 0.497 e. The molecule has 5 rings (SSSR count). The number of amides is 2. The van der Waals surface area contributed by atoms with E-state index in [-0.39, 0.29) is 24.4 Å². The molecule has 3 atom stereocenters. The van der Waals surface area contributed by atoms with Crippen molar-refractivity contribution in [2.75, 3.05) is 25.6 Å². The minimum atomic E-state index is -0.865. The van der Waals surface area contributed by atoms with Gasteiger partial charge >= 0.3 is 0 Å². The van der Waals surface area contributed by atoms with E-state index in [4.69, 9.17) is 21.1 Å². The van der Waals surface area contributed by atoms with E-state index in [1.54, 1.807) is 51.4 Å². The second-order valence-electron chi connectivity index (χ2n) is 10.4. The van der Waals surface area contributed by atoms with Gasteiger partial charge in [0.1, 0.15) is 11.8 Å². The molecule has 1 saturated heterocycles. The smallest absolute Gasteiger partial charge is 0.255 e. The van der Waals surface area contributed by atoms with Crippen molar-refractivity contribution < 1.29 is 24.2 Å². The van der Waals surface area contributed by atoms with Crippen LogP contribution in [0.15, 0.2) is 48.7 Å². The van der Waals surface area contributed by atoms with E-state index < -0.39 is 18.2 Å². The van der Waals surface area contributed by atoms with Gasteiger partial charge in [-0.15, -0.1) is 0 Å². The van der Waals surface area contributed by atoms with E-state index in [9.17, 15) is 14.7 Å². The molecule has 2 amide bonds. The number of methoxy groups -OCH3 is 1. The normalized spacial score (nSPS) is 17.5. The number of aliphatic hydroxyl groups is 1. The van der Waals surface area contributed by atoms with Crippen LogP contribution in [0.2, 0.25) is 5.02 Å². The molecule has 0 spiro atoms. The summed E-state index contributed by atoms with van der Waals surface area (Å²) in [5.41, 5.74) is 3.22. The Balaban J connectivity index is 1.31. The third kappa shape index (κ3) is 6.29. The number of aromatic nitrogens is 2. The number of carbonyl (C=O) groups is 2. The number of aliphatic hydroxyl groups excluding tert-OH is 1. The summed E-state index contributed by atoms with van der Waals surface area (Å²) >= 11 is 6.48. The maximum Gasteiger partial charge on any atom is 0.255 e. The molecule has 0 radical (unpaired) electrons. The summed E-state index contributed by atoms with van der Waals surface area (Å²) in [6.45, 7) is 4.96. The van der Waals surface area contributed by atoms with Gasteiger partial charge in [0.05, 0.1) is 36.2 Å². The van der Waals surface area contributed by atoms with Crippen molar-refractivity contribution >= 4 is 29.4 Å². The minimum Gasteiger partial charge on any atom is -0.497 e. The van der Waals surface area contributed by atoms with Crippen molar-refractivity contribution in [3.63, 3.8) is 0 Å². The Bertz CT molecular complexity index is 1430. The van der Waals surface area contributed by atoms with Crippen LogP contribution < -0.4 is 15.4 Å². The van der Waals surface area contributed by atoms with Crippen LogP contribution in [0.25, 0.3) is 11.3 Å². The molecule has 2 aliphatic heterocycles. The van der Waals surface area contributed by atoms with Crippen LogP contribution in [0.1, 0.15) is 54.2 Å². The number of hydrogen-bond acceptors (Lipinski definition) is 8. The van der Waals surface area contributed by atoms with Gasteiger partial charge in [-0.3, -0.25) is 9.59 Å². The molecule has 2 aliphatic rings. The number of anilines is 1. The second kappa shape index (κ2) is 12.4. The van der Waals surface area contributed by atoms with Gasteiger partial charge in [-0.1, -0.05) is 35.9 Å². The summed E-state index contributed by atoms with van der Waals surface area (Å²) in [6.07, 6.45) is 2.43. The SMILES string of the molecule is COc1cccc(C(NC(=O)[C@@H](C)N2Cc3ccc(-c4nc(NC5CCOCC5)ncc4Cl)cc3C2=O)[C@H](C)O)c1. The number of fused-ring (bicyclic) bond motifs is 1. The van der Waals surface area contributed by atoms with Crippen LogP contribution in [0.5, 0.6) is 5.75 Å². The predicted molar refractivity (Wildman–Crippen MR) is 155 cm³/mol. The molecule has 10 nitrogen and oxygen atoms in total. The fourth-order valence-electron chi connectivity index (χ4n) is 5.18. The lowest BCUT2D eigenvalue weighted by Gasteiger charge is -2.28. The van der Waals surface area contributed by atoms with E-state index >= 15 is 0 Å². The van der Waals surface area contributed by atoms with Crippen LogP contribution >= 0.6 is 11.6 Å². The van der Waals surface area contributed by atoms with Crippen molar-refractivity contribution in [1.29, 1.82) is 0 Å². The van der Waals surface area contributed by atoms with E-state index in [1.807, 2.05) is 18.2 Å². The number of ether oxygens (including phenoxy) is 2. The molecule has 0 aliphatic carbocycles. The number of halogens is 1. The summed E-state index contributed by atoms with van der Waals surface area (Å²) in [7, 11) is 1.56. The highest BCUT2D eigenvalue weighted by Crippen LogP contribution is 2.33. The summed E-state index contributed by atoms with van der Waals surface area (Å²) in [5.74, 6) is 0.457. The monoisotopic (exact) mass is 579 g/mol. The molecule has 0 saturated carbocycles. The molecular weight excluding hydrogens is 546 g/mol. The third-order valence-electron chi connectivity index (χ3n) is 7.59. The van der Waals surface area contributed by atoms with Crippen molar-refractivity contribution in [1.82, 2.24) is 20.2 Å². The minimum absolute atomic E-state index is 0.220. The van der Waals surface area contributed by atoms with Gasteiger partial charge in [-0.25, -0.2) is 9.97 Å². The van der Waals surface area contributed by atoms with Crippen LogP contribution in [0, 0.1) is 0 Å². The predicted octanol–water partition coefficient (Wildman–Crippen LogP) is 3.98. The Hall–Kier alpha value is -3.73. The lowest BCUT2D eigenvalue weighted by atomic mass is 10.0. The standard InChI is InChI=1S/C30H34ClN5O5/c1-17(28(38)34-26(18(2)37)19-5-4-6-23(13-19)40-3)36-16-21-8-7-20(14-24(21)29(36)39)27-25(31)15-32-30(35-27)33-22-9-11-41-12-10-22/h4-8,13-15,17-18,22,26,37H,9-12,16H2,1-3H3,(H,34,38)(H,32,33,35)/t17-,18+,26?/m1/s1. The Morgan fingerprint density at radius 1 is 1.20 bits per heavy atom. The van der Waals surface area contributed by atoms with Crippen LogP contribution in [0.4, 0.5) is 5.95 Å². The number of rotatable bonds is 9. The topological polar surface area (TPSA) is 126 Å². The summed E-state index contributed by atoms with van der Waals surface area (Å²) in [5, 5.41) is 17.1. The number of nitrogens with zero attached hydrogens (tertiary/aromatic N) is 3. The van der Waals surface area contributed by atoms with Crippen LogP contribution in [0.3, 0.4) is 0 Å². The summed E-state index contributed by atoms with van der Waals surface area (Å²) in [4.78, 5) is 37.3. The Labute approximate surface area is 244 Å². The molecule has 3 heterocycles. The molecule has 3 aromatic rings. The summed E-state index contributed by atoms with van der Waals surface area (Å²) in [6, 6.07) is 11.5. The molecule has 41 heavy (non-hydrogen) atoms. The van der Waals surface area contributed by atoms with E-state index in [2.05, 4.69) is 20.6 Å². The maximum absolute atomic E-state index is 13.5. The van der Waals surface area contributed by atoms with Gasteiger partial charge < -0.3 is 30.1 Å². The van der Waals surface area contributed by atoms with Crippen molar-refractivity contribution in [3.05, 3.63) is 70.4 Å². The second-order valence-corrected chi connectivity index (χ2v) is 10.8. The van der Waals surface area contributed by atoms with Gasteiger partial charge in [0.15, 0.2) is 0 Å². The van der Waals surface area contributed by atoms with E-state index in [1.165, 1.54) is 4.90 Å². The van der Waals surface area contributed by atoms with Gasteiger partial charge in [-0.05, 0) is 56.0 Å². The van der Waals surface area contributed by atoms with Crippen LogP contribution in [-0.2, 0) is 16.1 Å². The molecule has 11 heteroatoms. The highest BCUT2D eigenvalue weighted by atomic mass is 35.5. The first-order valence-corrected chi connectivity index (χ1v) is 14.1. The third-order valence-corrected chi connectivity index (χ3v) is 7.87. The molecule has 2 aromatic carbocycles. The molecule has 216 valence electrons. The quantitative estimate of drug-likeness (QED) is 0.348. The number of benzene rings is 2. The molecule has 0 bridgehead atoms. The first-order valence-electron chi connectivity index (χ1n) is 13.7. The number of nitrogens with one attached hydrogen (secondary N) is 2. The molecule has 1 fully saturated rings. The Morgan fingerprint density at radius 3 is 2.71 bits per heavy atom. The Morgan fingerprint density at radius 2 is 1.98 bits per heavy atom. The molecule has 3 N–H and O–H groups in total. The van der Waals surface area contributed by atoms with Gasteiger partial charge in [-0.2, -0.15) is 0 Å². The first-order chi connectivity index (χ1) is 19.7. The average molecular weight is 580 g/mol. The Kier molecular flexibility index (Phi) is 8.72. The lowest BCUT2D eigenvalue weighted by molar-refractivity contribution is -0.126. The van der Waals surface area contributed by atoms with Crippen molar-refractivity contribution in [2.45, 2.75) is 57.5 Å².